The molecule has 0 saturated carbocycles. The van der Waals surface area contributed by atoms with Crippen molar-refractivity contribution in [3.8, 4) is 5.75 Å². The van der Waals surface area contributed by atoms with Crippen LogP contribution in [-0.4, -0.2) is 19.9 Å². The molecule has 1 aromatic carbocycles. The van der Waals surface area contributed by atoms with Gasteiger partial charge in [-0.25, -0.2) is 5.09 Å². The van der Waals surface area contributed by atoms with Crippen LogP contribution in [-0.2, 0) is 16.3 Å². The molecule has 3 nitrogen and oxygen atoms in total. The molecule has 1 aromatic rings. The molecule has 1 rings (SSSR count). The zero-order valence-electron chi connectivity index (χ0n) is 9.90. The monoisotopic (exact) mass is 311 g/mol. The third-order valence-corrected chi connectivity index (χ3v) is 5.65. The smallest absolute Gasteiger partial charge is 0.312 e. The lowest BCUT2D eigenvalue weighted by Crippen LogP contribution is -2.14. The van der Waals surface area contributed by atoms with E-state index in [1.165, 1.54) is 7.11 Å². The minimum Gasteiger partial charge on any atom is -0.431 e. The van der Waals surface area contributed by atoms with Gasteiger partial charge in [0, 0.05) is 18.6 Å². The highest BCUT2D eigenvalue weighted by atomic mass is 35.5. The van der Waals surface area contributed by atoms with E-state index >= 15 is 0 Å². The zero-order valence-corrected chi connectivity index (χ0v) is 13.2. The second-order valence-corrected chi connectivity index (χ2v) is 7.67. The third-order valence-electron chi connectivity index (χ3n) is 1.95. The molecule has 0 saturated heterocycles. The average Bonchev–Trinajstić information content (AvgIpc) is 2.32. The standard InChI is InChI=1S/C10H15ClNO2PS2/c1-4-12-15(16,13-2)14-10-6-5-8(17-3)7-9(10)11/h5-7H,4H2,1-3H3,(H,12,16). The predicted octanol–water partition coefficient (Wildman–Crippen LogP) is 3.92. The maximum atomic E-state index is 6.12. The molecule has 7 heteroatoms. The van der Waals surface area contributed by atoms with Crippen molar-refractivity contribution in [2.75, 3.05) is 19.9 Å². The van der Waals surface area contributed by atoms with Crippen LogP contribution in [0.2, 0.25) is 5.02 Å². The summed E-state index contributed by atoms with van der Waals surface area (Å²) in [5, 5.41) is 3.57. The summed E-state index contributed by atoms with van der Waals surface area (Å²) in [4.78, 5) is 1.08. The summed E-state index contributed by atoms with van der Waals surface area (Å²) in [7, 11) is 1.54. The molecule has 0 aliphatic heterocycles. The summed E-state index contributed by atoms with van der Waals surface area (Å²) >= 11 is 13.0. The topological polar surface area (TPSA) is 30.5 Å². The normalized spacial score (nSPS) is 14.4. The van der Waals surface area contributed by atoms with Gasteiger partial charge in [0.25, 0.3) is 0 Å². The number of thioether (sulfide) groups is 1. The molecule has 0 aromatic heterocycles. The third kappa shape index (κ3) is 4.43. The largest absolute Gasteiger partial charge is 0.431 e. The lowest BCUT2D eigenvalue weighted by Gasteiger charge is -2.21. The second kappa shape index (κ2) is 6.98. The Morgan fingerprint density at radius 3 is 2.71 bits per heavy atom. The quantitative estimate of drug-likeness (QED) is 0.635. The summed E-state index contributed by atoms with van der Waals surface area (Å²) in [6.07, 6.45) is 1.99. The van der Waals surface area contributed by atoms with Gasteiger partial charge in [-0.3, -0.25) is 0 Å². The number of hydrogen-bond acceptors (Lipinski definition) is 4. The highest BCUT2D eigenvalue weighted by molar-refractivity contribution is 8.09. The summed E-state index contributed by atoms with van der Waals surface area (Å²) in [6.45, 7) is 0.152. The molecular weight excluding hydrogens is 297 g/mol. The van der Waals surface area contributed by atoms with Gasteiger partial charge in [-0.1, -0.05) is 18.5 Å². The molecule has 0 spiro atoms. The lowest BCUT2D eigenvalue weighted by molar-refractivity contribution is 0.381. The molecule has 0 radical (unpaired) electrons. The maximum Gasteiger partial charge on any atom is 0.312 e. The van der Waals surface area contributed by atoms with E-state index in [1.807, 2.05) is 31.4 Å². The molecule has 0 amide bonds. The lowest BCUT2D eigenvalue weighted by atomic mass is 10.3. The Labute approximate surface area is 116 Å². The molecular formula is C10H15ClNO2PS2. The van der Waals surface area contributed by atoms with Crippen molar-refractivity contribution < 1.29 is 9.05 Å². The Hall–Kier alpha value is 0.230. The zero-order chi connectivity index (χ0) is 12.9. The van der Waals surface area contributed by atoms with Crippen molar-refractivity contribution in [2.24, 2.45) is 0 Å². The molecule has 1 atom stereocenters. The maximum absolute atomic E-state index is 6.12. The Balaban J connectivity index is 2.90. The summed E-state index contributed by atoms with van der Waals surface area (Å²) < 4.78 is 10.9. The fourth-order valence-electron chi connectivity index (χ4n) is 1.14. The van der Waals surface area contributed by atoms with Crippen molar-refractivity contribution in [2.45, 2.75) is 11.8 Å². The van der Waals surface area contributed by atoms with E-state index in [2.05, 4.69) is 5.09 Å². The molecule has 17 heavy (non-hydrogen) atoms. The molecule has 0 aliphatic rings. The van der Waals surface area contributed by atoms with E-state index in [-0.39, 0.29) is 0 Å². The van der Waals surface area contributed by atoms with Crippen LogP contribution in [0.5, 0.6) is 5.75 Å². The molecule has 0 bridgehead atoms. The van der Waals surface area contributed by atoms with Gasteiger partial charge in [0.05, 0.1) is 5.02 Å². The van der Waals surface area contributed by atoms with Crippen LogP contribution in [0, 0.1) is 0 Å². The first-order chi connectivity index (χ1) is 8.04. The van der Waals surface area contributed by atoms with Crippen LogP contribution >= 0.6 is 30.0 Å². The van der Waals surface area contributed by atoms with Crippen molar-refractivity contribution in [3.05, 3.63) is 23.2 Å². The second-order valence-electron chi connectivity index (χ2n) is 3.08. The Kier molecular flexibility index (Phi) is 6.27. The minimum atomic E-state index is -2.48. The number of hydrogen-bond donors (Lipinski definition) is 1. The highest BCUT2D eigenvalue weighted by Gasteiger charge is 2.19. The Bertz CT molecular complexity index is 431. The SMILES string of the molecule is CCNP(=S)(OC)Oc1ccc(SC)cc1Cl. The summed E-state index contributed by atoms with van der Waals surface area (Å²) in [5.41, 5.74) is 0. The van der Waals surface area contributed by atoms with Gasteiger partial charge in [0.15, 0.2) is 0 Å². The van der Waals surface area contributed by atoms with E-state index in [0.717, 1.165) is 4.90 Å². The Morgan fingerprint density at radius 2 is 2.24 bits per heavy atom. The van der Waals surface area contributed by atoms with Crippen LogP contribution in [0.15, 0.2) is 23.1 Å². The number of benzene rings is 1. The summed E-state index contributed by atoms with van der Waals surface area (Å²) in [6, 6.07) is 5.60. The van der Waals surface area contributed by atoms with Crippen molar-refractivity contribution >= 4 is 41.8 Å². The van der Waals surface area contributed by atoms with Crippen LogP contribution in [0.1, 0.15) is 6.92 Å². The highest BCUT2D eigenvalue weighted by Crippen LogP contribution is 2.45. The minimum absolute atomic E-state index is 0.543. The van der Waals surface area contributed by atoms with Crippen molar-refractivity contribution in [1.82, 2.24) is 5.09 Å². The molecule has 0 aliphatic carbocycles. The van der Waals surface area contributed by atoms with E-state index in [4.69, 9.17) is 32.5 Å². The molecule has 1 N–H and O–H groups in total. The van der Waals surface area contributed by atoms with Gasteiger partial charge in [-0.05, 0) is 36.3 Å². The van der Waals surface area contributed by atoms with Crippen LogP contribution < -0.4 is 9.61 Å². The predicted molar refractivity (Wildman–Crippen MR) is 78.8 cm³/mol. The number of halogens is 1. The average molecular weight is 312 g/mol. The van der Waals surface area contributed by atoms with Gasteiger partial charge >= 0.3 is 6.64 Å². The van der Waals surface area contributed by atoms with Crippen LogP contribution in [0.4, 0.5) is 0 Å². The molecule has 1 unspecified atom stereocenters. The van der Waals surface area contributed by atoms with Crippen molar-refractivity contribution in [3.63, 3.8) is 0 Å². The first-order valence-corrected chi connectivity index (χ1v) is 9.22. The van der Waals surface area contributed by atoms with Gasteiger partial charge < -0.3 is 9.05 Å². The number of nitrogens with one attached hydrogen (secondary N) is 1. The molecule has 0 fully saturated rings. The number of rotatable bonds is 6. The van der Waals surface area contributed by atoms with Crippen molar-refractivity contribution in [1.29, 1.82) is 0 Å². The van der Waals surface area contributed by atoms with E-state index in [9.17, 15) is 0 Å². The van der Waals surface area contributed by atoms with E-state index in [0.29, 0.717) is 17.3 Å². The fraction of sp³-hybridized carbons (Fsp3) is 0.400. The molecule has 96 valence electrons. The van der Waals surface area contributed by atoms with Crippen LogP contribution in [0.3, 0.4) is 0 Å². The van der Waals surface area contributed by atoms with Crippen LogP contribution in [0.25, 0.3) is 0 Å². The van der Waals surface area contributed by atoms with Gasteiger partial charge in [0.1, 0.15) is 5.75 Å². The van der Waals surface area contributed by atoms with E-state index < -0.39 is 6.64 Å². The van der Waals surface area contributed by atoms with Gasteiger partial charge in [0.2, 0.25) is 0 Å². The first-order valence-electron chi connectivity index (χ1n) is 4.98. The van der Waals surface area contributed by atoms with Gasteiger partial charge in [-0.15, -0.1) is 11.8 Å². The fourth-order valence-corrected chi connectivity index (χ4v) is 3.62. The van der Waals surface area contributed by atoms with E-state index in [1.54, 1.807) is 11.8 Å². The van der Waals surface area contributed by atoms with Gasteiger partial charge in [-0.2, -0.15) is 0 Å². The Morgan fingerprint density at radius 1 is 1.53 bits per heavy atom. The first kappa shape index (κ1) is 15.3. The summed E-state index contributed by atoms with van der Waals surface area (Å²) in [5.74, 6) is 0.551. The molecule has 0 heterocycles.